The molecule has 0 N–H and O–H groups in total. The third-order valence-electron chi connectivity index (χ3n) is 2.74. The minimum atomic E-state index is 0.778. The van der Waals surface area contributed by atoms with Crippen molar-refractivity contribution in [2.45, 2.75) is 13.8 Å². The monoisotopic (exact) mass is 234 g/mol. The van der Waals surface area contributed by atoms with Crippen molar-refractivity contribution in [2.24, 2.45) is 0 Å². The Bertz CT molecular complexity index is 337. The van der Waals surface area contributed by atoms with Crippen LogP contribution in [0.2, 0.25) is 0 Å². The zero-order valence-corrected chi connectivity index (χ0v) is 10.8. The van der Waals surface area contributed by atoms with Crippen LogP contribution in [0.15, 0.2) is 12.1 Å². The summed E-state index contributed by atoms with van der Waals surface area (Å²) in [4.78, 5) is 0. The highest BCUT2D eigenvalue weighted by atomic mass is 16.6. The van der Waals surface area contributed by atoms with Crippen LogP contribution in [-0.4, -0.2) is 41.4 Å². The molecule has 0 atom stereocenters. The fourth-order valence-electron chi connectivity index (χ4n) is 1.48. The second kappa shape index (κ2) is 7.35. The normalized spacial score (nSPS) is 14.8. The lowest BCUT2D eigenvalue weighted by Crippen LogP contribution is -2.16. The van der Waals surface area contributed by atoms with Gasteiger partial charge in [0.15, 0.2) is 0 Å². The van der Waals surface area contributed by atoms with Gasteiger partial charge in [-0.3, -0.25) is 0 Å². The van der Waals surface area contributed by atoms with Crippen LogP contribution >= 0.6 is 0 Å². The van der Waals surface area contributed by atoms with E-state index in [1.54, 1.807) is 7.11 Å². The summed E-state index contributed by atoms with van der Waals surface area (Å²) >= 11 is 0. The lowest BCUT2D eigenvalue weighted by molar-refractivity contribution is -0.0334. The molecule has 0 spiro atoms. The van der Waals surface area contributed by atoms with E-state index in [0.29, 0.717) is 0 Å². The summed E-state index contributed by atoms with van der Waals surface area (Å²) in [5, 5.41) is 0. The smallest absolute Gasteiger partial charge is 0.121 e. The molecule has 92 valence electrons. The summed E-state index contributed by atoms with van der Waals surface area (Å²) in [5.41, 5.74) is 3.04. The minimum absolute atomic E-state index is 0.778. The van der Waals surface area contributed by atoms with E-state index in [-0.39, 0.29) is 0 Å². The molecule has 1 aliphatic rings. The van der Waals surface area contributed by atoms with Crippen molar-refractivity contribution in [1.29, 1.82) is 0 Å². The number of benzene rings is 1. The average molecular weight is 234 g/mol. The maximum Gasteiger partial charge on any atom is 0.121 e. The number of hydrogen-bond acceptors (Lipinski definition) is 3. The molecular formula is C13H19BO3. The van der Waals surface area contributed by atoms with Crippen molar-refractivity contribution in [1.82, 2.24) is 0 Å². The highest BCUT2D eigenvalue weighted by Gasteiger charge is 2.01. The Labute approximate surface area is 104 Å². The molecule has 1 heterocycles. The van der Waals surface area contributed by atoms with E-state index < -0.39 is 0 Å². The van der Waals surface area contributed by atoms with Crippen LogP contribution in [0.5, 0.6) is 5.75 Å². The average Bonchev–Trinajstić information content (AvgIpc) is 2.39. The predicted octanol–water partition coefficient (Wildman–Crippen LogP) is 1.14. The molecule has 0 aromatic heterocycles. The molecule has 17 heavy (non-hydrogen) atoms. The van der Waals surface area contributed by atoms with Gasteiger partial charge >= 0.3 is 0 Å². The summed E-state index contributed by atoms with van der Waals surface area (Å²) in [6.45, 7) is 7.11. The van der Waals surface area contributed by atoms with Gasteiger partial charge in [-0.25, -0.2) is 0 Å². The third kappa shape index (κ3) is 4.40. The third-order valence-corrected chi connectivity index (χ3v) is 2.74. The van der Waals surface area contributed by atoms with Crippen molar-refractivity contribution in [3.8, 4) is 5.75 Å². The van der Waals surface area contributed by atoms with Gasteiger partial charge in [-0.1, -0.05) is 17.1 Å². The van der Waals surface area contributed by atoms with Gasteiger partial charge in [0.1, 0.15) is 13.6 Å². The molecule has 0 saturated carbocycles. The number of hydrogen-bond donors (Lipinski definition) is 0. The van der Waals surface area contributed by atoms with Crippen molar-refractivity contribution in [3.05, 3.63) is 23.3 Å². The van der Waals surface area contributed by atoms with E-state index in [0.717, 1.165) is 48.8 Å². The first-order valence-electron chi connectivity index (χ1n) is 5.72. The summed E-state index contributed by atoms with van der Waals surface area (Å²) in [6.07, 6.45) is 0. The molecule has 3 nitrogen and oxygen atoms in total. The summed E-state index contributed by atoms with van der Waals surface area (Å²) < 4.78 is 15.0. The summed E-state index contributed by atoms with van der Waals surface area (Å²) in [6, 6.07) is 3.75. The second-order valence-electron chi connectivity index (χ2n) is 3.83. The maximum atomic E-state index is 5.69. The first-order chi connectivity index (χ1) is 8.16. The Kier molecular flexibility index (Phi) is 6.09. The summed E-state index contributed by atoms with van der Waals surface area (Å²) in [7, 11) is 7.35. The maximum absolute atomic E-state index is 5.69. The van der Waals surface area contributed by atoms with Crippen LogP contribution in [0.25, 0.3) is 0 Å². The zero-order chi connectivity index (χ0) is 12.7. The fourth-order valence-corrected chi connectivity index (χ4v) is 1.48. The molecule has 1 aromatic carbocycles. The zero-order valence-electron chi connectivity index (χ0n) is 10.8. The van der Waals surface area contributed by atoms with Crippen LogP contribution < -0.4 is 10.2 Å². The van der Waals surface area contributed by atoms with Gasteiger partial charge < -0.3 is 14.2 Å². The molecule has 1 fully saturated rings. The summed E-state index contributed by atoms with van der Waals surface area (Å²) in [5.74, 6) is 0.900. The molecular weight excluding hydrogens is 215 g/mol. The van der Waals surface area contributed by atoms with E-state index >= 15 is 0 Å². The number of methoxy groups -OCH3 is 1. The van der Waals surface area contributed by atoms with E-state index in [1.165, 1.54) is 0 Å². The van der Waals surface area contributed by atoms with Crippen molar-refractivity contribution in [3.63, 3.8) is 0 Å². The first kappa shape index (κ1) is 14.1. The van der Waals surface area contributed by atoms with Crippen LogP contribution in [0.4, 0.5) is 0 Å². The largest absolute Gasteiger partial charge is 0.496 e. The number of rotatable bonds is 1. The van der Waals surface area contributed by atoms with Gasteiger partial charge in [0, 0.05) is 0 Å². The van der Waals surface area contributed by atoms with Crippen LogP contribution in [0.1, 0.15) is 11.1 Å². The molecule has 0 bridgehead atoms. The number of ether oxygens (including phenoxy) is 3. The van der Waals surface area contributed by atoms with Gasteiger partial charge in [0.25, 0.3) is 0 Å². The van der Waals surface area contributed by atoms with Crippen molar-refractivity contribution < 1.29 is 14.2 Å². The lowest BCUT2D eigenvalue weighted by Gasteiger charge is -2.09. The van der Waals surface area contributed by atoms with Crippen molar-refractivity contribution >= 4 is 13.3 Å². The molecule has 1 aromatic rings. The Morgan fingerprint density at radius 2 is 1.53 bits per heavy atom. The van der Waals surface area contributed by atoms with E-state index in [4.69, 9.17) is 22.1 Å². The molecule has 2 radical (unpaired) electrons. The standard InChI is InChI=1S/C9H11BO.C4H8O2/c1-6-7(2)9(11-3)5-4-8(6)10;1-2-6-4-3-5-1/h4-5H,1-3H3;1-4H2. The fraction of sp³-hybridized carbons (Fsp3) is 0.538. The molecule has 1 saturated heterocycles. The van der Waals surface area contributed by atoms with Gasteiger partial charge in [-0.15, -0.1) is 0 Å². The SMILES string of the molecule is C1COCCO1.[B]c1ccc(OC)c(C)c1C. The highest BCUT2D eigenvalue weighted by Crippen LogP contribution is 2.17. The quantitative estimate of drug-likeness (QED) is 0.682. The van der Waals surface area contributed by atoms with E-state index in [9.17, 15) is 0 Å². The Hall–Kier alpha value is -0.995. The first-order valence-corrected chi connectivity index (χ1v) is 5.72. The second-order valence-corrected chi connectivity index (χ2v) is 3.83. The van der Waals surface area contributed by atoms with Crippen molar-refractivity contribution in [2.75, 3.05) is 33.5 Å². The minimum Gasteiger partial charge on any atom is -0.496 e. The molecule has 4 heteroatoms. The van der Waals surface area contributed by atoms with E-state index in [1.807, 2.05) is 26.0 Å². The van der Waals surface area contributed by atoms with Crippen LogP contribution in [-0.2, 0) is 9.47 Å². The van der Waals surface area contributed by atoms with Crippen LogP contribution in [0, 0.1) is 13.8 Å². The predicted molar refractivity (Wildman–Crippen MR) is 69.5 cm³/mol. The van der Waals surface area contributed by atoms with Crippen LogP contribution in [0.3, 0.4) is 0 Å². The molecule has 1 aliphatic heterocycles. The lowest BCUT2D eigenvalue weighted by atomic mass is 9.88. The molecule has 0 unspecified atom stereocenters. The Morgan fingerprint density at radius 3 is 1.94 bits per heavy atom. The van der Waals surface area contributed by atoms with Gasteiger partial charge in [0.05, 0.1) is 33.5 Å². The van der Waals surface area contributed by atoms with Gasteiger partial charge in [-0.05, 0) is 25.5 Å². The van der Waals surface area contributed by atoms with Gasteiger partial charge in [0.2, 0.25) is 0 Å². The Morgan fingerprint density at radius 1 is 1.00 bits per heavy atom. The molecule has 0 amide bonds. The van der Waals surface area contributed by atoms with Gasteiger partial charge in [-0.2, -0.15) is 0 Å². The van der Waals surface area contributed by atoms with E-state index in [2.05, 4.69) is 0 Å². The Balaban J connectivity index is 0.000000202. The topological polar surface area (TPSA) is 27.7 Å². The molecule has 2 rings (SSSR count). The molecule has 0 aliphatic carbocycles. The highest BCUT2D eigenvalue weighted by molar-refractivity contribution is 6.33.